The quantitative estimate of drug-likeness (QED) is 0.450. The van der Waals surface area contributed by atoms with Gasteiger partial charge in [-0.2, -0.15) is 16.4 Å². The number of hydrogen-bond acceptors (Lipinski definition) is 7. The summed E-state index contributed by atoms with van der Waals surface area (Å²) in [5.41, 5.74) is 5.21. The number of benzene rings is 1. The third kappa shape index (κ3) is 3.89. The predicted octanol–water partition coefficient (Wildman–Crippen LogP) is 4.93. The number of rotatable bonds is 5. The lowest BCUT2D eigenvalue weighted by Crippen LogP contribution is -2.33. The lowest BCUT2D eigenvalue weighted by atomic mass is 9.96. The molecule has 1 amide bonds. The van der Waals surface area contributed by atoms with Gasteiger partial charge in [0.05, 0.1) is 24.7 Å². The maximum atomic E-state index is 13.1. The lowest BCUT2D eigenvalue weighted by Gasteiger charge is -2.22. The molecule has 5 rings (SSSR count). The number of nitrogens with one attached hydrogen (secondary N) is 1. The van der Waals surface area contributed by atoms with Gasteiger partial charge in [0.25, 0.3) is 5.91 Å². The van der Waals surface area contributed by atoms with Gasteiger partial charge in [0.2, 0.25) is 0 Å². The van der Waals surface area contributed by atoms with Crippen LogP contribution in [0.5, 0.6) is 11.5 Å². The zero-order valence-corrected chi connectivity index (χ0v) is 19.7. The van der Waals surface area contributed by atoms with E-state index >= 15 is 0 Å². The van der Waals surface area contributed by atoms with E-state index in [1.807, 2.05) is 33.6 Å². The minimum Gasteiger partial charge on any atom is -0.496 e. The largest absolute Gasteiger partial charge is 0.496 e. The molecule has 1 aliphatic rings. The van der Waals surface area contributed by atoms with Crippen LogP contribution in [0.4, 0.5) is 0 Å². The first kappa shape index (κ1) is 21.3. The van der Waals surface area contributed by atoms with Crippen LogP contribution in [0.2, 0.25) is 0 Å². The molecular weight excluding hydrogens is 440 g/mol. The molecule has 4 aromatic rings. The smallest absolute Gasteiger partial charge is 0.272 e. The molecule has 0 spiro atoms. The average Bonchev–Trinajstić information content (AvgIpc) is 3.56. The Balaban J connectivity index is 1.68. The molecular formula is C24H24N4O4S. The molecule has 0 fully saturated rings. The molecule has 0 saturated carbocycles. The van der Waals surface area contributed by atoms with Crippen LogP contribution >= 0.6 is 11.3 Å². The third-order valence-corrected chi connectivity index (χ3v) is 6.07. The third-order valence-electron chi connectivity index (χ3n) is 5.40. The Morgan fingerprint density at radius 3 is 2.82 bits per heavy atom. The molecule has 8 nitrogen and oxygen atoms in total. The molecule has 1 N–H and O–H groups in total. The van der Waals surface area contributed by atoms with Crippen molar-refractivity contribution in [3.63, 3.8) is 0 Å². The van der Waals surface area contributed by atoms with Gasteiger partial charge in [-0.1, -0.05) is 25.9 Å². The van der Waals surface area contributed by atoms with E-state index in [9.17, 15) is 4.79 Å². The first-order valence-corrected chi connectivity index (χ1v) is 11.5. The van der Waals surface area contributed by atoms with Crippen molar-refractivity contribution in [3.8, 4) is 39.6 Å². The SMILES string of the molecule is COc1cc2c(cc1-c1cnoc1)-c1c(c(C(=O)NCC(C)(C)C)nn1-c1ccsc1)CO2. The number of carbonyl (C=O) groups excluding carboxylic acids is 1. The monoisotopic (exact) mass is 464 g/mol. The molecule has 0 unspecified atom stereocenters. The molecule has 9 heteroatoms. The van der Waals surface area contributed by atoms with Crippen molar-refractivity contribution < 1.29 is 18.8 Å². The predicted molar refractivity (Wildman–Crippen MR) is 125 cm³/mol. The highest BCUT2D eigenvalue weighted by molar-refractivity contribution is 7.08. The van der Waals surface area contributed by atoms with Crippen LogP contribution in [0.25, 0.3) is 28.1 Å². The maximum absolute atomic E-state index is 13.1. The highest BCUT2D eigenvalue weighted by atomic mass is 32.1. The standard InChI is InChI=1S/C24H24N4O4S/c1-24(2,3)13-25-23(29)21-18-11-31-20-8-19(30-4)16(14-9-26-32-10-14)7-17(20)22(18)28(27-21)15-5-6-33-12-15/h5-10,12H,11,13H2,1-4H3,(H,25,29). The second-order valence-corrected chi connectivity index (χ2v) is 9.84. The first-order chi connectivity index (χ1) is 15.9. The Bertz CT molecular complexity index is 1300. The van der Waals surface area contributed by atoms with E-state index in [-0.39, 0.29) is 17.9 Å². The second-order valence-electron chi connectivity index (χ2n) is 9.06. The van der Waals surface area contributed by atoms with Crippen molar-refractivity contribution in [2.75, 3.05) is 13.7 Å². The van der Waals surface area contributed by atoms with Gasteiger partial charge < -0.3 is 19.3 Å². The van der Waals surface area contributed by atoms with Gasteiger partial charge in [0, 0.05) is 40.2 Å². The Hall–Kier alpha value is -3.59. The fourth-order valence-corrected chi connectivity index (χ4v) is 4.40. The van der Waals surface area contributed by atoms with Crippen LogP contribution in [0, 0.1) is 5.41 Å². The molecule has 4 heterocycles. The molecule has 33 heavy (non-hydrogen) atoms. The van der Waals surface area contributed by atoms with E-state index in [1.165, 1.54) is 0 Å². The van der Waals surface area contributed by atoms with Gasteiger partial charge in [-0.25, -0.2) is 4.68 Å². The Morgan fingerprint density at radius 1 is 1.30 bits per heavy atom. The van der Waals surface area contributed by atoms with Crippen molar-refractivity contribution >= 4 is 17.2 Å². The van der Waals surface area contributed by atoms with E-state index < -0.39 is 0 Å². The van der Waals surface area contributed by atoms with Gasteiger partial charge in [0.15, 0.2) is 5.69 Å². The summed E-state index contributed by atoms with van der Waals surface area (Å²) in [7, 11) is 1.61. The number of carbonyl (C=O) groups is 1. The lowest BCUT2D eigenvalue weighted by molar-refractivity contribution is 0.0931. The second kappa shape index (κ2) is 8.08. The minimum atomic E-state index is -0.213. The van der Waals surface area contributed by atoms with Crippen LogP contribution in [-0.2, 0) is 6.61 Å². The van der Waals surface area contributed by atoms with Gasteiger partial charge in [-0.3, -0.25) is 4.79 Å². The number of fused-ring (bicyclic) bond motifs is 3. The Kier molecular flexibility index (Phi) is 5.20. The van der Waals surface area contributed by atoms with E-state index in [1.54, 1.807) is 30.9 Å². The zero-order chi connectivity index (χ0) is 23.2. The number of thiophene rings is 1. The number of nitrogens with zero attached hydrogens (tertiary/aromatic N) is 3. The highest BCUT2D eigenvalue weighted by Crippen LogP contribution is 2.46. The van der Waals surface area contributed by atoms with Crippen LogP contribution in [0.15, 0.2) is 45.9 Å². The number of amides is 1. The van der Waals surface area contributed by atoms with Crippen LogP contribution < -0.4 is 14.8 Å². The fourth-order valence-electron chi connectivity index (χ4n) is 3.79. The fraction of sp³-hybridized carbons (Fsp3) is 0.292. The molecule has 1 aliphatic heterocycles. The summed E-state index contributed by atoms with van der Waals surface area (Å²) < 4.78 is 18.6. The molecule has 0 saturated heterocycles. The summed E-state index contributed by atoms with van der Waals surface area (Å²) in [4.78, 5) is 13.1. The van der Waals surface area contributed by atoms with Gasteiger partial charge in [-0.05, 0) is 22.9 Å². The summed E-state index contributed by atoms with van der Waals surface area (Å²) in [5.74, 6) is 1.10. The summed E-state index contributed by atoms with van der Waals surface area (Å²) in [6.45, 7) is 7.00. The molecule has 1 aromatic carbocycles. The van der Waals surface area contributed by atoms with Gasteiger partial charge in [0.1, 0.15) is 24.4 Å². The van der Waals surface area contributed by atoms with Crippen LogP contribution in [0.3, 0.4) is 0 Å². The van der Waals surface area contributed by atoms with E-state index in [4.69, 9.17) is 19.1 Å². The molecule has 0 aliphatic carbocycles. The topological polar surface area (TPSA) is 91.4 Å². The number of methoxy groups -OCH3 is 1. The van der Waals surface area contributed by atoms with E-state index in [0.29, 0.717) is 23.7 Å². The van der Waals surface area contributed by atoms with Crippen molar-refractivity contribution in [2.45, 2.75) is 27.4 Å². The van der Waals surface area contributed by atoms with Crippen molar-refractivity contribution in [3.05, 3.63) is 52.7 Å². The highest BCUT2D eigenvalue weighted by Gasteiger charge is 2.32. The average molecular weight is 465 g/mol. The Labute approximate surface area is 195 Å². The summed E-state index contributed by atoms with van der Waals surface area (Å²) in [6, 6.07) is 5.80. The van der Waals surface area contributed by atoms with Crippen molar-refractivity contribution in [1.82, 2.24) is 20.3 Å². The molecule has 170 valence electrons. The summed E-state index contributed by atoms with van der Waals surface area (Å²) in [6.07, 6.45) is 3.20. The van der Waals surface area contributed by atoms with Crippen molar-refractivity contribution in [1.29, 1.82) is 0 Å². The van der Waals surface area contributed by atoms with E-state index in [2.05, 4.69) is 31.2 Å². The molecule has 0 atom stereocenters. The van der Waals surface area contributed by atoms with Crippen LogP contribution in [0.1, 0.15) is 36.8 Å². The van der Waals surface area contributed by atoms with E-state index in [0.717, 1.165) is 33.6 Å². The van der Waals surface area contributed by atoms with Crippen molar-refractivity contribution in [2.24, 2.45) is 5.41 Å². The normalized spacial score (nSPS) is 12.6. The number of ether oxygens (including phenoxy) is 2. The van der Waals surface area contributed by atoms with Gasteiger partial charge in [-0.15, -0.1) is 0 Å². The first-order valence-electron chi connectivity index (χ1n) is 10.5. The Morgan fingerprint density at radius 2 is 2.15 bits per heavy atom. The summed E-state index contributed by atoms with van der Waals surface area (Å²) in [5, 5.41) is 15.6. The maximum Gasteiger partial charge on any atom is 0.272 e. The number of aromatic nitrogens is 3. The molecule has 3 aromatic heterocycles. The van der Waals surface area contributed by atoms with Crippen LogP contribution in [-0.4, -0.2) is 34.5 Å². The summed E-state index contributed by atoms with van der Waals surface area (Å²) >= 11 is 1.57. The number of hydrogen-bond donors (Lipinski definition) is 1. The zero-order valence-electron chi connectivity index (χ0n) is 18.8. The van der Waals surface area contributed by atoms with Gasteiger partial charge >= 0.3 is 0 Å². The molecule has 0 bridgehead atoms. The minimum absolute atomic E-state index is 0.0428. The molecule has 0 radical (unpaired) electrons.